The Bertz CT molecular complexity index is 1920. The molecule has 0 aliphatic carbocycles. The zero-order valence-corrected chi connectivity index (χ0v) is 30.1. The number of halogens is 4. The molecule has 54 heavy (non-hydrogen) atoms. The highest BCUT2D eigenvalue weighted by Gasteiger charge is 2.64. The lowest BCUT2D eigenvalue weighted by molar-refractivity contribution is -0.457. The van der Waals surface area contributed by atoms with E-state index in [1.54, 1.807) is 18.2 Å². The van der Waals surface area contributed by atoms with Gasteiger partial charge >= 0.3 is 6.36 Å². The molecule has 1 saturated heterocycles. The Kier molecular flexibility index (Phi) is 12.7. The van der Waals surface area contributed by atoms with Gasteiger partial charge in [-0.2, -0.15) is 0 Å². The van der Waals surface area contributed by atoms with Crippen LogP contribution in [-0.4, -0.2) is 54.4 Å². The smallest absolute Gasteiger partial charge is 0.406 e. The van der Waals surface area contributed by atoms with E-state index in [0.717, 1.165) is 16.7 Å². The van der Waals surface area contributed by atoms with E-state index in [-0.39, 0.29) is 32.0 Å². The first-order valence-corrected chi connectivity index (χ1v) is 17.6. The molecule has 1 heterocycles. The van der Waals surface area contributed by atoms with E-state index in [9.17, 15) is 23.4 Å². The Morgan fingerprint density at radius 2 is 1.20 bits per heavy atom. The number of alkyl halides is 3. The van der Waals surface area contributed by atoms with Gasteiger partial charge in [0, 0.05) is 17.7 Å². The number of ether oxygens (including phenoxy) is 6. The molecule has 0 bridgehead atoms. The topological polar surface area (TPSA) is 95.8 Å². The summed E-state index contributed by atoms with van der Waals surface area (Å²) in [7, 11) is 1.39. The lowest BCUT2D eigenvalue weighted by atomic mass is 9.84. The van der Waals surface area contributed by atoms with Crippen LogP contribution in [0.4, 0.5) is 13.2 Å². The monoisotopic (exact) mass is 764 g/mol. The molecule has 2 N–H and O–H groups in total. The summed E-state index contributed by atoms with van der Waals surface area (Å²) >= 11 is 6.70. The summed E-state index contributed by atoms with van der Waals surface area (Å²) in [6.07, 6.45) is -8.15. The van der Waals surface area contributed by atoms with Crippen molar-refractivity contribution in [3.63, 3.8) is 0 Å². The maximum absolute atomic E-state index is 12.8. The van der Waals surface area contributed by atoms with Crippen molar-refractivity contribution in [1.82, 2.24) is 0 Å². The Hall–Kier alpha value is -4.30. The summed E-state index contributed by atoms with van der Waals surface area (Å²) in [4.78, 5) is 0. The highest BCUT2D eigenvalue weighted by molar-refractivity contribution is 6.31. The molecule has 5 aromatic rings. The molecular weight excluding hydrogens is 725 g/mol. The molecule has 0 radical (unpaired) electrons. The molecule has 5 aromatic carbocycles. The van der Waals surface area contributed by atoms with Crippen LogP contribution in [-0.2, 0) is 55.7 Å². The van der Waals surface area contributed by atoms with Gasteiger partial charge in [-0.15, -0.1) is 13.2 Å². The van der Waals surface area contributed by atoms with Gasteiger partial charge in [0.25, 0.3) is 0 Å². The first kappa shape index (κ1) is 39.4. The largest absolute Gasteiger partial charge is 0.573 e. The molecule has 0 unspecified atom stereocenters. The van der Waals surface area contributed by atoms with E-state index in [1.807, 2.05) is 91.0 Å². The summed E-state index contributed by atoms with van der Waals surface area (Å²) in [5.41, 5.74) is 4.05. The van der Waals surface area contributed by atoms with Crippen molar-refractivity contribution in [2.24, 2.45) is 0 Å². The zero-order chi connectivity index (χ0) is 38.2. The summed E-state index contributed by atoms with van der Waals surface area (Å²) < 4.78 is 74.9. The first-order valence-electron chi connectivity index (χ1n) is 17.2. The molecule has 0 aromatic heterocycles. The van der Waals surface area contributed by atoms with Crippen LogP contribution in [0.3, 0.4) is 0 Å². The van der Waals surface area contributed by atoms with Gasteiger partial charge in [0.05, 0.1) is 26.4 Å². The molecule has 0 saturated carbocycles. The van der Waals surface area contributed by atoms with Crippen LogP contribution in [0.2, 0.25) is 5.02 Å². The quantitative estimate of drug-likeness (QED) is 0.111. The van der Waals surface area contributed by atoms with Gasteiger partial charge in [-0.3, -0.25) is 0 Å². The summed E-state index contributed by atoms with van der Waals surface area (Å²) in [6.45, 7) is -0.684. The fourth-order valence-electron chi connectivity index (χ4n) is 6.48. The number of methoxy groups -OCH3 is 1. The van der Waals surface area contributed by atoms with Gasteiger partial charge in [-0.05, 0) is 58.5 Å². The number of rotatable bonds is 15. The van der Waals surface area contributed by atoms with Crippen molar-refractivity contribution in [2.75, 3.05) is 13.7 Å². The Morgan fingerprint density at radius 1 is 0.685 bits per heavy atom. The second-order valence-corrected chi connectivity index (χ2v) is 13.3. The second kappa shape index (κ2) is 17.4. The Morgan fingerprint density at radius 3 is 1.70 bits per heavy atom. The van der Waals surface area contributed by atoms with Gasteiger partial charge in [-0.1, -0.05) is 121 Å². The van der Waals surface area contributed by atoms with Crippen molar-refractivity contribution in [1.29, 1.82) is 0 Å². The summed E-state index contributed by atoms with van der Waals surface area (Å²) in [5, 5.41) is 23.5. The van der Waals surface area contributed by atoms with Crippen LogP contribution in [0.5, 0.6) is 5.75 Å². The second-order valence-electron chi connectivity index (χ2n) is 12.8. The van der Waals surface area contributed by atoms with Crippen molar-refractivity contribution in [3.8, 4) is 5.75 Å². The number of benzene rings is 5. The van der Waals surface area contributed by atoms with Crippen LogP contribution in [0.15, 0.2) is 133 Å². The third kappa shape index (κ3) is 9.49. The van der Waals surface area contributed by atoms with Gasteiger partial charge in [0.15, 0.2) is 0 Å². The number of aliphatic hydroxyl groups excluding tert-OH is 1. The summed E-state index contributed by atoms with van der Waals surface area (Å²) in [6, 6.07) is 38.7. The maximum Gasteiger partial charge on any atom is 0.573 e. The molecule has 5 atom stereocenters. The minimum atomic E-state index is -4.82. The van der Waals surface area contributed by atoms with Gasteiger partial charge in [0.2, 0.25) is 11.6 Å². The zero-order valence-electron chi connectivity index (χ0n) is 29.3. The van der Waals surface area contributed by atoms with Crippen molar-refractivity contribution >= 4 is 11.6 Å². The minimum absolute atomic E-state index is 0.0473. The van der Waals surface area contributed by atoms with Crippen molar-refractivity contribution in [2.45, 2.75) is 62.5 Å². The van der Waals surface area contributed by atoms with Gasteiger partial charge < -0.3 is 38.6 Å². The molecule has 1 aliphatic heterocycles. The molecular formula is C42H40ClF3O8. The van der Waals surface area contributed by atoms with E-state index >= 15 is 0 Å². The van der Waals surface area contributed by atoms with Crippen LogP contribution in [0, 0.1) is 0 Å². The van der Waals surface area contributed by atoms with Crippen LogP contribution >= 0.6 is 11.6 Å². The van der Waals surface area contributed by atoms with Crippen LogP contribution in [0.1, 0.15) is 33.4 Å². The molecule has 0 amide bonds. The molecule has 6 rings (SSSR count). The van der Waals surface area contributed by atoms with E-state index in [4.69, 9.17) is 35.3 Å². The molecule has 8 nitrogen and oxygen atoms in total. The van der Waals surface area contributed by atoms with E-state index in [1.165, 1.54) is 31.4 Å². The Labute approximate surface area is 316 Å². The lowest BCUT2D eigenvalue weighted by Gasteiger charge is -2.54. The SMILES string of the molecule is CO[C@@]1(c2ccc(Cl)c(Cc3ccc(OC(F)(F)F)cc3)c2)O[C@](O)(CO)[C@@H](OCc2ccccc2)[C@H](OCc2ccccc2)[C@H]1OCc1ccccc1. The van der Waals surface area contributed by atoms with E-state index in [2.05, 4.69) is 4.74 Å². The molecule has 12 heteroatoms. The van der Waals surface area contributed by atoms with E-state index in [0.29, 0.717) is 21.7 Å². The average molecular weight is 765 g/mol. The Balaban J connectivity index is 1.42. The van der Waals surface area contributed by atoms with Gasteiger partial charge in [-0.25, -0.2) is 0 Å². The van der Waals surface area contributed by atoms with Crippen molar-refractivity contribution < 1.29 is 51.8 Å². The predicted molar refractivity (Wildman–Crippen MR) is 194 cm³/mol. The average Bonchev–Trinajstić information content (AvgIpc) is 3.18. The normalized spacial score (nSPS) is 22.9. The number of aliphatic hydroxyl groups is 2. The fraction of sp³-hybridized carbons (Fsp3) is 0.286. The number of hydrogen-bond donors (Lipinski definition) is 2. The maximum atomic E-state index is 12.8. The standard InChI is InChI=1S/C42H40ClF3O8/c1-49-41(34-19-22-36(43)33(24-34)23-29-17-20-35(21-18-29)53-42(44,45)46)39(52-27-32-15-9-4-10-16-32)37(50-25-30-11-5-2-6-12-30)38(40(48,28-47)54-41)51-26-31-13-7-3-8-14-31/h2-22,24,37-39,47-48H,23,25-28H2,1H3/t37-,38-,39+,40+,41-/m0/s1. The highest BCUT2D eigenvalue weighted by atomic mass is 35.5. The third-order valence-corrected chi connectivity index (χ3v) is 9.47. The number of hydrogen-bond acceptors (Lipinski definition) is 8. The molecule has 284 valence electrons. The van der Waals surface area contributed by atoms with Crippen LogP contribution in [0.25, 0.3) is 0 Å². The molecule has 0 spiro atoms. The van der Waals surface area contributed by atoms with Gasteiger partial charge in [0.1, 0.15) is 24.1 Å². The van der Waals surface area contributed by atoms with Crippen LogP contribution < -0.4 is 4.74 Å². The first-order chi connectivity index (χ1) is 26.0. The fourth-order valence-corrected chi connectivity index (χ4v) is 6.66. The molecule has 1 fully saturated rings. The summed E-state index contributed by atoms with van der Waals surface area (Å²) in [5.74, 6) is -4.66. The van der Waals surface area contributed by atoms with Crippen molar-refractivity contribution in [3.05, 3.63) is 172 Å². The minimum Gasteiger partial charge on any atom is -0.406 e. The molecule has 1 aliphatic rings. The van der Waals surface area contributed by atoms with E-state index < -0.39 is 42.9 Å². The third-order valence-electron chi connectivity index (χ3n) is 9.10. The lowest BCUT2D eigenvalue weighted by Crippen LogP contribution is -2.71. The predicted octanol–water partition coefficient (Wildman–Crippen LogP) is 8.10. The highest BCUT2D eigenvalue weighted by Crippen LogP contribution is 2.47.